The maximum Gasteiger partial charge on any atom is 0.273 e. The molecule has 28 heavy (non-hydrogen) atoms. The van der Waals surface area contributed by atoms with Gasteiger partial charge in [-0.2, -0.15) is 0 Å². The third kappa shape index (κ3) is 4.11. The first-order chi connectivity index (χ1) is 13.6. The molecule has 8 heteroatoms. The lowest BCUT2D eigenvalue weighted by Gasteiger charge is -2.21. The fourth-order valence-corrected chi connectivity index (χ4v) is 2.97. The van der Waals surface area contributed by atoms with Gasteiger partial charge < -0.3 is 24.1 Å². The van der Waals surface area contributed by atoms with Crippen LogP contribution in [0.3, 0.4) is 0 Å². The maximum atomic E-state index is 13.1. The molecule has 0 saturated heterocycles. The Morgan fingerprint density at radius 3 is 2.39 bits per heavy atom. The lowest BCUT2D eigenvalue weighted by molar-refractivity contribution is 0.0713. The van der Waals surface area contributed by atoms with Gasteiger partial charge in [0.2, 0.25) is 5.89 Å². The molecule has 0 aliphatic heterocycles. The second-order valence-corrected chi connectivity index (χ2v) is 7.14. The molecule has 2 amide bonds. The SMILES string of the molecule is COc1cc(OC)cc(C(=O)N(Cc2nc(C(=O)NC3CC3)co2)C2CC2)c1. The molecule has 2 aromatic rings. The number of ether oxygens (including phenoxy) is 2. The van der Waals surface area contributed by atoms with Gasteiger partial charge in [0, 0.05) is 23.7 Å². The first-order valence-electron chi connectivity index (χ1n) is 9.36. The summed E-state index contributed by atoms with van der Waals surface area (Å²) in [6.07, 6.45) is 5.22. The van der Waals surface area contributed by atoms with E-state index in [0.717, 1.165) is 25.7 Å². The van der Waals surface area contributed by atoms with Gasteiger partial charge in [0.25, 0.3) is 11.8 Å². The van der Waals surface area contributed by atoms with Crippen molar-refractivity contribution in [1.29, 1.82) is 0 Å². The molecule has 1 aromatic heterocycles. The van der Waals surface area contributed by atoms with Crippen LogP contribution in [0.15, 0.2) is 28.9 Å². The molecule has 2 aliphatic rings. The lowest BCUT2D eigenvalue weighted by atomic mass is 10.1. The van der Waals surface area contributed by atoms with Gasteiger partial charge in [-0.1, -0.05) is 0 Å². The highest BCUT2D eigenvalue weighted by Gasteiger charge is 2.35. The van der Waals surface area contributed by atoms with Crippen molar-refractivity contribution in [1.82, 2.24) is 15.2 Å². The van der Waals surface area contributed by atoms with Crippen molar-refractivity contribution in [3.05, 3.63) is 41.6 Å². The Morgan fingerprint density at radius 1 is 1.14 bits per heavy atom. The normalized spacial score (nSPS) is 15.8. The van der Waals surface area contributed by atoms with Crippen molar-refractivity contribution in [3.63, 3.8) is 0 Å². The van der Waals surface area contributed by atoms with E-state index in [-0.39, 0.29) is 36.1 Å². The molecular weight excluding hydrogens is 362 g/mol. The van der Waals surface area contributed by atoms with Crippen LogP contribution >= 0.6 is 0 Å². The molecule has 2 fully saturated rings. The minimum Gasteiger partial charge on any atom is -0.497 e. The van der Waals surface area contributed by atoms with Crippen LogP contribution in [0.1, 0.15) is 52.4 Å². The number of benzene rings is 1. The largest absolute Gasteiger partial charge is 0.497 e. The van der Waals surface area contributed by atoms with Crippen LogP contribution in [0, 0.1) is 0 Å². The summed E-state index contributed by atoms with van der Waals surface area (Å²) < 4.78 is 16.0. The van der Waals surface area contributed by atoms with E-state index >= 15 is 0 Å². The van der Waals surface area contributed by atoms with Gasteiger partial charge in [0.15, 0.2) is 5.69 Å². The van der Waals surface area contributed by atoms with Gasteiger partial charge in [-0.15, -0.1) is 0 Å². The third-order valence-electron chi connectivity index (χ3n) is 4.85. The van der Waals surface area contributed by atoms with Crippen LogP contribution in [0.5, 0.6) is 11.5 Å². The smallest absolute Gasteiger partial charge is 0.273 e. The topological polar surface area (TPSA) is 93.9 Å². The summed E-state index contributed by atoms with van der Waals surface area (Å²) in [5.74, 6) is 1.06. The molecule has 0 bridgehead atoms. The average Bonchev–Trinajstić information content (AvgIpc) is 3.65. The van der Waals surface area contributed by atoms with Crippen LogP contribution in [0.2, 0.25) is 0 Å². The third-order valence-corrected chi connectivity index (χ3v) is 4.85. The molecule has 2 aliphatic carbocycles. The Hall–Kier alpha value is -3.03. The summed E-state index contributed by atoms with van der Waals surface area (Å²) in [5.41, 5.74) is 0.717. The van der Waals surface area contributed by atoms with E-state index in [4.69, 9.17) is 13.9 Å². The van der Waals surface area contributed by atoms with Crippen LogP contribution in [-0.4, -0.2) is 48.0 Å². The highest BCUT2D eigenvalue weighted by Crippen LogP contribution is 2.31. The van der Waals surface area contributed by atoms with E-state index in [1.54, 1.807) is 37.3 Å². The van der Waals surface area contributed by atoms with Crippen LogP contribution < -0.4 is 14.8 Å². The van der Waals surface area contributed by atoms with Crippen LogP contribution in [0.25, 0.3) is 0 Å². The molecule has 148 valence electrons. The molecular formula is C20H23N3O5. The first-order valence-corrected chi connectivity index (χ1v) is 9.36. The molecule has 1 aromatic carbocycles. The van der Waals surface area contributed by atoms with Gasteiger partial charge in [-0.25, -0.2) is 4.98 Å². The van der Waals surface area contributed by atoms with Gasteiger partial charge >= 0.3 is 0 Å². The van der Waals surface area contributed by atoms with Gasteiger partial charge in [0.1, 0.15) is 17.8 Å². The minimum atomic E-state index is -0.237. The molecule has 1 heterocycles. The van der Waals surface area contributed by atoms with Gasteiger partial charge in [-0.3, -0.25) is 9.59 Å². The van der Waals surface area contributed by atoms with Gasteiger partial charge in [0.05, 0.1) is 20.8 Å². The van der Waals surface area contributed by atoms with Crippen molar-refractivity contribution >= 4 is 11.8 Å². The van der Waals surface area contributed by atoms with E-state index in [1.165, 1.54) is 6.26 Å². The second-order valence-electron chi connectivity index (χ2n) is 7.14. The summed E-state index contributed by atoms with van der Waals surface area (Å²) in [7, 11) is 3.09. The number of amides is 2. The monoisotopic (exact) mass is 385 g/mol. The van der Waals surface area contributed by atoms with E-state index in [9.17, 15) is 9.59 Å². The fraction of sp³-hybridized carbons (Fsp3) is 0.450. The number of aromatic nitrogens is 1. The number of methoxy groups -OCH3 is 2. The molecule has 0 unspecified atom stereocenters. The van der Waals surface area contributed by atoms with Crippen molar-refractivity contribution in [2.45, 2.75) is 44.3 Å². The number of hydrogen-bond acceptors (Lipinski definition) is 6. The molecule has 0 atom stereocenters. The molecule has 0 spiro atoms. The lowest BCUT2D eigenvalue weighted by Crippen LogP contribution is -2.33. The Labute approximate surface area is 162 Å². The number of carbonyl (C=O) groups excluding carboxylic acids is 2. The molecule has 4 rings (SSSR count). The predicted octanol–water partition coefficient (Wildman–Crippen LogP) is 2.39. The highest BCUT2D eigenvalue weighted by molar-refractivity contribution is 5.95. The zero-order valence-corrected chi connectivity index (χ0v) is 15.9. The van der Waals surface area contributed by atoms with Crippen molar-refractivity contribution in [2.75, 3.05) is 14.2 Å². The van der Waals surface area contributed by atoms with E-state index in [2.05, 4.69) is 10.3 Å². The fourth-order valence-electron chi connectivity index (χ4n) is 2.97. The Balaban J connectivity index is 1.51. The zero-order chi connectivity index (χ0) is 19.7. The number of hydrogen-bond donors (Lipinski definition) is 1. The highest BCUT2D eigenvalue weighted by atomic mass is 16.5. The predicted molar refractivity (Wildman–Crippen MR) is 99.4 cm³/mol. The number of oxazole rings is 1. The van der Waals surface area contributed by atoms with Crippen LogP contribution in [0.4, 0.5) is 0 Å². The molecule has 1 N–H and O–H groups in total. The van der Waals surface area contributed by atoms with Gasteiger partial charge in [-0.05, 0) is 37.8 Å². The average molecular weight is 385 g/mol. The maximum absolute atomic E-state index is 13.1. The number of rotatable bonds is 8. The van der Waals surface area contributed by atoms with Crippen LogP contribution in [-0.2, 0) is 6.54 Å². The first kappa shape index (κ1) is 18.3. The van der Waals surface area contributed by atoms with Crippen molar-refractivity contribution in [3.8, 4) is 11.5 Å². The summed E-state index contributed by atoms with van der Waals surface area (Å²) in [4.78, 5) is 31.2. The molecule has 2 saturated carbocycles. The van der Waals surface area contributed by atoms with E-state index in [0.29, 0.717) is 23.0 Å². The summed E-state index contributed by atoms with van der Waals surface area (Å²) in [5, 5.41) is 2.88. The number of nitrogens with zero attached hydrogens (tertiary/aromatic N) is 2. The standard InChI is InChI=1S/C20H23N3O5/c1-26-15-7-12(8-16(9-15)27-2)20(25)23(14-5-6-14)10-18-22-17(11-28-18)19(24)21-13-3-4-13/h7-9,11,13-14H,3-6,10H2,1-2H3,(H,21,24). The van der Waals surface area contributed by atoms with Crippen molar-refractivity contribution in [2.24, 2.45) is 0 Å². The second kappa shape index (κ2) is 7.53. The minimum absolute atomic E-state index is 0.139. The summed E-state index contributed by atoms with van der Waals surface area (Å²) in [6.45, 7) is 0.208. The Bertz CT molecular complexity index is 863. The number of carbonyl (C=O) groups is 2. The summed E-state index contributed by atoms with van der Waals surface area (Å²) in [6, 6.07) is 5.48. The van der Waals surface area contributed by atoms with E-state index < -0.39 is 0 Å². The molecule has 0 radical (unpaired) electrons. The zero-order valence-electron chi connectivity index (χ0n) is 15.9. The Morgan fingerprint density at radius 2 is 1.82 bits per heavy atom. The number of nitrogens with one attached hydrogen (secondary N) is 1. The summed E-state index contributed by atoms with van der Waals surface area (Å²) >= 11 is 0. The van der Waals surface area contributed by atoms with Crippen molar-refractivity contribution < 1.29 is 23.5 Å². The van der Waals surface area contributed by atoms with E-state index in [1.807, 2.05) is 0 Å². The Kier molecular flexibility index (Phi) is 4.93. The quantitative estimate of drug-likeness (QED) is 0.750. The molecule has 8 nitrogen and oxygen atoms in total.